The van der Waals surface area contributed by atoms with Crippen molar-refractivity contribution in [2.75, 3.05) is 0 Å². The van der Waals surface area contributed by atoms with Gasteiger partial charge in [-0.2, -0.15) is 4.99 Å². The van der Waals surface area contributed by atoms with Crippen LogP contribution < -0.4 is 11.2 Å². The Hall–Kier alpha value is -3.66. The molecule has 4 heteroatoms. The van der Waals surface area contributed by atoms with E-state index in [9.17, 15) is 4.79 Å². The Balaban J connectivity index is 2.00. The minimum Gasteiger partial charge on any atom is -0.424 e. The van der Waals surface area contributed by atoms with Crippen LogP contribution in [0.3, 0.4) is 0 Å². The second-order valence-electron chi connectivity index (χ2n) is 5.72. The van der Waals surface area contributed by atoms with Crippen molar-refractivity contribution in [2.45, 2.75) is 0 Å². The molecule has 0 saturated carbocycles. The van der Waals surface area contributed by atoms with E-state index < -0.39 is 0 Å². The topological polar surface area (TPSA) is 47.5 Å². The number of para-hydroxylation sites is 2. The third-order valence-corrected chi connectivity index (χ3v) is 3.92. The molecule has 1 heterocycles. The molecule has 0 N–H and O–H groups in total. The van der Waals surface area contributed by atoms with Gasteiger partial charge in [0.05, 0.1) is 11.4 Å². The number of hydrogen-bond acceptors (Lipinski definition) is 3. The molecule has 0 aliphatic carbocycles. The molecule has 4 nitrogen and oxygen atoms in total. The van der Waals surface area contributed by atoms with Crippen molar-refractivity contribution >= 4 is 5.69 Å². The molecule has 4 rings (SSSR count). The first-order chi connectivity index (χ1) is 12.8. The second kappa shape index (κ2) is 7.07. The van der Waals surface area contributed by atoms with E-state index >= 15 is 0 Å². The van der Waals surface area contributed by atoms with Gasteiger partial charge in [0.1, 0.15) is 5.76 Å². The summed E-state index contributed by atoms with van der Waals surface area (Å²) >= 11 is 0. The van der Waals surface area contributed by atoms with Gasteiger partial charge in [0, 0.05) is 11.6 Å². The van der Waals surface area contributed by atoms with Gasteiger partial charge in [-0.25, -0.2) is 4.57 Å². The summed E-state index contributed by atoms with van der Waals surface area (Å²) in [5.74, 6) is 0.484. The van der Waals surface area contributed by atoms with Gasteiger partial charge in [0.2, 0.25) is 0 Å². The zero-order valence-corrected chi connectivity index (χ0v) is 13.9. The third-order valence-electron chi connectivity index (χ3n) is 3.92. The van der Waals surface area contributed by atoms with Gasteiger partial charge in [-0.3, -0.25) is 4.79 Å². The first kappa shape index (κ1) is 15.8. The van der Waals surface area contributed by atoms with E-state index in [4.69, 9.17) is 4.42 Å². The second-order valence-corrected chi connectivity index (χ2v) is 5.72. The van der Waals surface area contributed by atoms with Crippen LogP contribution in [0.1, 0.15) is 0 Å². The van der Waals surface area contributed by atoms with Crippen molar-refractivity contribution in [3.05, 3.63) is 113 Å². The van der Waals surface area contributed by atoms with Crippen LogP contribution in [0.15, 0.2) is 111 Å². The highest BCUT2D eigenvalue weighted by molar-refractivity contribution is 5.56. The first-order valence-electron chi connectivity index (χ1n) is 8.29. The fourth-order valence-corrected chi connectivity index (χ4v) is 2.69. The van der Waals surface area contributed by atoms with E-state index in [2.05, 4.69) is 4.99 Å². The van der Waals surface area contributed by atoms with Gasteiger partial charge in [-0.05, 0) is 24.3 Å². The molecule has 0 spiro atoms. The largest absolute Gasteiger partial charge is 0.424 e. The fraction of sp³-hybridized carbons (Fsp3) is 0. The molecule has 0 saturated heterocycles. The standard InChI is InChI=1S/C22H16N2O2/c25-21-16-20(17-10-4-1-5-11-17)26-22(23-18-12-6-2-7-13-18)24(21)19-14-8-3-9-15-19/h1-16H. The Labute approximate surface area is 150 Å². The quantitative estimate of drug-likeness (QED) is 0.557. The summed E-state index contributed by atoms with van der Waals surface area (Å²) < 4.78 is 7.50. The van der Waals surface area contributed by atoms with Gasteiger partial charge in [-0.1, -0.05) is 66.7 Å². The zero-order valence-electron chi connectivity index (χ0n) is 13.9. The van der Waals surface area contributed by atoms with Crippen molar-refractivity contribution in [1.82, 2.24) is 4.57 Å². The van der Waals surface area contributed by atoms with Crippen molar-refractivity contribution < 1.29 is 4.42 Å². The Morgan fingerprint density at radius 1 is 0.731 bits per heavy atom. The number of rotatable bonds is 3. The number of benzene rings is 3. The smallest absolute Gasteiger partial charge is 0.310 e. The van der Waals surface area contributed by atoms with Gasteiger partial charge >= 0.3 is 5.68 Å². The van der Waals surface area contributed by atoms with Gasteiger partial charge in [0.15, 0.2) is 0 Å². The van der Waals surface area contributed by atoms with Crippen molar-refractivity contribution in [2.24, 2.45) is 4.99 Å². The molecule has 0 fully saturated rings. The molecule has 1 aromatic heterocycles. The molecule has 0 unspecified atom stereocenters. The number of aromatic nitrogens is 1. The lowest BCUT2D eigenvalue weighted by Crippen LogP contribution is -2.31. The molecule has 0 radical (unpaired) electrons. The van der Waals surface area contributed by atoms with Crippen LogP contribution in [0.2, 0.25) is 0 Å². The predicted octanol–water partition coefficient (Wildman–Crippen LogP) is 4.33. The SMILES string of the molecule is O=c1cc(-c2ccccc2)oc(=Nc2ccccc2)n1-c1ccccc1. The summed E-state index contributed by atoms with van der Waals surface area (Å²) in [6, 6.07) is 29.8. The van der Waals surface area contributed by atoms with Crippen LogP contribution in [-0.4, -0.2) is 4.57 Å². The molecule has 26 heavy (non-hydrogen) atoms. The molecule has 0 bridgehead atoms. The van der Waals surface area contributed by atoms with E-state index in [0.29, 0.717) is 17.1 Å². The van der Waals surface area contributed by atoms with Crippen LogP contribution in [0.4, 0.5) is 5.69 Å². The highest BCUT2D eigenvalue weighted by atomic mass is 16.4. The van der Waals surface area contributed by atoms with Crippen molar-refractivity contribution in [3.8, 4) is 17.0 Å². The average molecular weight is 340 g/mol. The summed E-state index contributed by atoms with van der Waals surface area (Å²) in [5, 5.41) is 0. The van der Waals surface area contributed by atoms with Crippen LogP contribution in [0, 0.1) is 0 Å². The average Bonchev–Trinajstić information content (AvgIpc) is 2.70. The third kappa shape index (κ3) is 3.26. The number of nitrogens with zero attached hydrogens (tertiary/aromatic N) is 2. The summed E-state index contributed by atoms with van der Waals surface area (Å²) in [5.41, 5.74) is 2.28. The van der Waals surface area contributed by atoms with Crippen LogP contribution in [-0.2, 0) is 0 Å². The Morgan fingerprint density at radius 2 is 1.31 bits per heavy atom. The maximum Gasteiger partial charge on any atom is 0.310 e. The van der Waals surface area contributed by atoms with Crippen molar-refractivity contribution in [3.63, 3.8) is 0 Å². The highest BCUT2D eigenvalue weighted by Crippen LogP contribution is 2.16. The Bertz CT molecular complexity index is 1130. The molecular weight excluding hydrogens is 324 g/mol. The van der Waals surface area contributed by atoms with Crippen LogP contribution >= 0.6 is 0 Å². The first-order valence-corrected chi connectivity index (χ1v) is 8.29. The molecule has 0 aliphatic heterocycles. The lowest BCUT2D eigenvalue weighted by molar-refractivity contribution is 0.456. The van der Waals surface area contributed by atoms with E-state index in [1.807, 2.05) is 91.0 Å². The van der Waals surface area contributed by atoms with E-state index in [1.165, 1.54) is 10.6 Å². The summed E-state index contributed by atoms with van der Waals surface area (Å²) in [6.45, 7) is 0. The van der Waals surface area contributed by atoms with Gasteiger partial charge in [0.25, 0.3) is 5.56 Å². The lowest BCUT2D eigenvalue weighted by Gasteiger charge is -2.08. The van der Waals surface area contributed by atoms with Crippen LogP contribution in [0.25, 0.3) is 17.0 Å². The minimum absolute atomic E-state index is 0.198. The summed E-state index contributed by atoms with van der Waals surface area (Å²) in [6.07, 6.45) is 0. The molecule has 126 valence electrons. The monoisotopic (exact) mass is 340 g/mol. The molecule has 3 aromatic carbocycles. The van der Waals surface area contributed by atoms with E-state index in [1.54, 1.807) is 0 Å². The van der Waals surface area contributed by atoms with Gasteiger partial charge < -0.3 is 4.42 Å². The van der Waals surface area contributed by atoms with Crippen LogP contribution in [0.5, 0.6) is 0 Å². The van der Waals surface area contributed by atoms with E-state index in [0.717, 1.165) is 5.56 Å². The molecule has 4 aromatic rings. The maximum atomic E-state index is 12.9. The zero-order chi connectivity index (χ0) is 17.8. The summed E-state index contributed by atoms with van der Waals surface area (Å²) in [4.78, 5) is 17.4. The van der Waals surface area contributed by atoms with E-state index in [-0.39, 0.29) is 11.2 Å². The Kier molecular flexibility index (Phi) is 4.31. The highest BCUT2D eigenvalue weighted by Gasteiger charge is 2.09. The lowest BCUT2D eigenvalue weighted by atomic mass is 10.2. The number of hydrogen-bond donors (Lipinski definition) is 0. The normalized spacial score (nSPS) is 11.5. The fourth-order valence-electron chi connectivity index (χ4n) is 2.69. The Morgan fingerprint density at radius 3 is 1.96 bits per heavy atom. The predicted molar refractivity (Wildman–Crippen MR) is 101 cm³/mol. The maximum absolute atomic E-state index is 12.9. The molecule has 0 aliphatic rings. The molecule has 0 amide bonds. The summed E-state index contributed by atoms with van der Waals surface area (Å²) in [7, 11) is 0. The molecule has 0 atom stereocenters. The minimum atomic E-state index is -0.198. The van der Waals surface area contributed by atoms with Crippen molar-refractivity contribution in [1.29, 1.82) is 0 Å². The van der Waals surface area contributed by atoms with Gasteiger partial charge in [-0.15, -0.1) is 0 Å². The molecular formula is C22H16N2O2.